The number of carbonyl (C=O) groups is 1. The zero-order valence-corrected chi connectivity index (χ0v) is 15.4. The minimum absolute atomic E-state index is 0.118. The van der Waals surface area contributed by atoms with Gasteiger partial charge in [-0.05, 0) is 49.6 Å². The predicted molar refractivity (Wildman–Crippen MR) is 107 cm³/mol. The first kappa shape index (κ1) is 16.3. The molecule has 1 fully saturated rings. The van der Waals surface area contributed by atoms with Crippen LogP contribution in [0.15, 0.2) is 66.9 Å². The molecule has 2 aliphatic rings. The number of benzene rings is 2. The molecule has 1 amide bonds. The third kappa shape index (κ3) is 2.86. The van der Waals surface area contributed by atoms with Crippen molar-refractivity contribution in [2.75, 3.05) is 11.4 Å². The van der Waals surface area contributed by atoms with Gasteiger partial charge in [0, 0.05) is 12.2 Å². The van der Waals surface area contributed by atoms with Gasteiger partial charge >= 0.3 is 0 Å². The number of para-hydroxylation sites is 2. The minimum atomic E-state index is -0.121. The lowest BCUT2D eigenvalue weighted by Crippen LogP contribution is -2.44. The maximum atomic E-state index is 13.3. The number of hydrogen-bond acceptors (Lipinski definition) is 2. The number of nitrogens with zero attached hydrogens (tertiary/aromatic N) is 2. The van der Waals surface area contributed by atoms with E-state index in [1.807, 2.05) is 17.0 Å². The number of amides is 1. The third-order valence-electron chi connectivity index (χ3n) is 5.50. The van der Waals surface area contributed by atoms with Gasteiger partial charge in [0.1, 0.15) is 6.04 Å². The minimum Gasteiger partial charge on any atom is -0.316 e. The van der Waals surface area contributed by atoms with Gasteiger partial charge in [0.15, 0.2) is 0 Å². The summed E-state index contributed by atoms with van der Waals surface area (Å²) in [4.78, 5) is 15.3. The summed E-state index contributed by atoms with van der Waals surface area (Å²) in [7, 11) is 0. The Morgan fingerprint density at radius 2 is 1.74 bits per heavy atom. The third-order valence-corrected chi connectivity index (χ3v) is 5.50. The van der Waals surface area contributed by atoms with E-state index in [-0.39, 0.29) is 11.9 Å². The van der Waals surface area contributed by atoms with Crippen LogP contribution >= 0.6 is 0 Å². The number of aromatic nitrogens is 1. The molecule has 2 aromatic carbocycles. The molecule has 5 rings (SSSR count). The summed E-state index contributed by atoms with van der Waals surface area (Å²) in [5, 5.41) is 3.39. The maximum absolute atomic E-state index is 13.3. The molecular formula is C23H23N3O. The zero-order chi connectivity index (χ0) is 18.4. The van der Waals surface area contributed by atoms with Crippen molar-refractivity contribution in [1.82, 2.24) is 9.88 Å². The standard InChI is InChI=1S/C23H23N3O/c1-16-8-10-17(11-9-16)23-21-7-4-14-25(21)19-5-2-3-6-20(19)26(23)22(27)15-24-18-12-13-18/h2-11,14,18,23-24H,12-13,15H2,1H3. The fraction of sp³-hybridized carbons (Fsp3) is 0.261. The molecule has 0 radical (unpaired) electrons. The molecule has 136 valence electrons. The lowest BCUT2D eigenvalue weighted by molar-refractivity contribution is -0.118. The molecule has 3 aromatic rings. The molecule has 1 unspecified atom stereocenters. The van der Waals surface area contributed by atoms with Crippen LogP contribution in [0.3, 0.4) is 0 Å². The van der Waals surface area contributed by atoms with Gasteiger partial charge in [0.2, 0.25) is 5.91 Å². The van der Waals surface area contributed by atoms with E-state index in [2.05, 4.69) is 71.5 Å². The van der Waals surface area contributed by atoms with E-state index >= 15 is 0 Å². The summed E-state index contributed by atoms with van der Waals surface area (Å²) in [6.07, 6.45) is 4.43. The smallest absolute Gasteiger partial charge is 0.241 e. The lowest BCUT2D eigenvalue weighted by atomic mass is 9.97. The Bertz CT molecular complexity index is 985. The summed E-state index contributed by atoms with van der Waals surface area (Å²) in [5.41, 5.74) is 5.50. The SMILES string of the molecule is Cc1ccc(C2c3cccn3-c3ccccc3N2C(=O)CNC2CC2)cc1. The zero-order valence-electron chi connectivity index (χ0n) is 15.4. The van der Waals surface area contributed by atoms with E-state index in [0.717, 1.165) is 22.6 Å². The van der Waals surface area contributed by atoms with E-state index < -0.39 is 0 Å². The van der Waals surface area contributed by atoms with Crippen molar-refractivity contribution in [3.05, 3.63) is 83.7 Å². The largest absolute Gasteiger partial charge is 0.316 e. The quantitative estimate of drug-likeness (QED) is 0.767. The van der Waals surface area contributed by atoms with Crippen LogP contribution in [0.25, 0.3) is 5.69 Å². The Balaban J connectivity index is 1.63. The van der Waals surface area contributed by atoms with Gasteiger partial charge in [-0.3, -0.25) is 9.69 Å². The molecule has 0 saturated heterocycles. The van der Waals surface area contributed by atoms with Gasteiger partial charge in [0.25, 0.3) is 0 Å². The number of nitrogens with one attached hydrogen (secondary N) is 1. The highest BCUT2D eigenvalue weighted by Crippen LogP contribution is 2.42. The number of hydrogen-bond donors (Lipinski definition) is 1. The molecular weight excluding hydrogens is 334 g/mol. The van der Waals surface area contributed by atoms with Crippen LogP contribution in [0.2, 0.25) is 0 Å². The van der Waals surface area contributed by atoms with Crippen molar-refractivity contribution < 1.29 is 4.79 Å². The van der Waals surface area contributed by atoms with Crippen LogP contribution in [-0.2, 0) is 4.79 Å². The van der Waals surface area contributed by atoms with E-state index in [9.17, 15) is 4.79 Å². The first-order chi connectivity index (χ1) is 13.2. The number of anilines is 1. The molecule has 2 heterocycles. The van der Waals surface area contributed by atoms with Gasteiger partial charge in [-0.2, -0.15) is 0 Å². The normalized spacial score (nSPS) is 18.1. The van der Waals surface area contributed by atoms with Crippen molar-refractivity contribution in [2.45, 2.75) is 31.8 Å². The first-order valence-corrected chi connectivity index (χ1v) is 9.61. The van der Waals surface area contributed by atoms with E-state index in [4.69, 9.17) is 0 Å². The van der Waals surface area contributed by atoms with E-state index in [1.54, 1.807) is 0 Å². The fourth-order valence-corrected chi connectivity index (χ4v) is 3.93. The van der Waals surface area contributed by atoms with Gasteiger partial charge in [-0.1, -0.05) is 42.0 Å². The number of rotatable bonds is 4. The molecule has 1 aliphatic carbocycles. The molecule has 1 saturated carbocycles. The molecule has 1 aromatic heterocycles. The van der Waals surface area contributed by atoms with Gasteiger partial charge < -0.3 is 9.88 Å². The van der Waals surface area contributed by atoms with Crippen LogP contribution in [0, 0.1) is 6.92 Å². The predicted octanol–water partition coefficient (Wildman–Crippen LogP) is 3.97. The second-order valence-corrected chi connectivity index (χ2v) is 7.52. The van der Waals surface area contributed by atoms with Crippen molar-refractivity contribution in [3.63, 3.8) is 0 Å². The van der Waals surface area contributed by atoms with E-state index in [1.165, 1.54) is 18.4 Å². The van der Waals surface area contributed by atoms with E-state index in [0.29, 0.717) is 12.6 Å². The van der Waals surface area contributed by atoms with Crippen molar-refractivity contribution in [2.24, 2.45) is 0 Å². The summed E-state index contributed by atoms with van der Waals surface area (Å²) in [6, 6.07) is 21.3. The summed E-state index contributed by atoms with van der Waals surface area (Å²) in [5.74, 6) is 0.118. The first-order valence-electron chi connectivity index (χ1n) is 9.61. The average Bonchev–Trinajstić information content (AvgIpc) is 3.40. The Kier molecular flexibility index (Phi) is 3.87. The van der Waals surface area contributed by atoms with Gasteiger partial charge in [-0.15, -0.1) is 0 Å². The molecule has 0 spiro atoms. The number of fused-ring (bicyclic) bond motifs is 3. The fourth-order valence-electron chi connectivity index (χ4n) is 3.93. The van der Waals surface area contributed by atoms with Crippen LogP contribution in [0.5, 0.6) is 0 Å². The highest BCUT2D eigenvalue weighted by atomic mass is 16.2. The van der Waals surface area contributed by atoms with Gasteiger partial charge in [0.05, 0.1) is 23.6 Å². The monoisotopic (exact) mass is 357 g/mol. The Morgan fingerprint density at radius 1 is 1.00 bits per heavy atom. The van der Waals surface area contributed by atoms with Crippen LogP contribution < -0.4 is 10.2 Å². The van der Waals surface area contributed by atoms with Crippen molar-refractivity contribution in [1.29, 1.82) is 0 Å². The van der Waals surface area contributed by atoms with Crippen molar-refractivity contribution in [3.8, 4) is 5.69 Å². The van der Waals surface area contributed by atoms with Crippen LogP contribution in [0.1, 0.15) is 35.7 Å². The Hall–Kier alpha value is -2.85. The molecule has 1 atom stereocenters. The molecule has 1 N–H and O–H groups in total. The second kappa shape index (κ2) is 6.39. The Labute approximate surface area is 159 Å². The highest BCUT2D eigenvalue weighted by molar-refractivity contribution is 5.99. The number of carbonyl (C=O) groups excluding carboxylic acids is 1. The molecule has 1 aliphatic heterocycles. The highest BCUT2D eigenvalue weighted by Gasteiger charge is 2.36. The lowest BCUT2D eigenvalue weighted by Gasteiger charge is -2.38. The summed E-state index contributed by atoms with van der Waals surface area (Å²) in [6.45, 7) is 2.47. The van der Waals surface area contributed by atoms with Crippen LogP contribution in [-0.4, -0.2) is 23.1 Å². The van der Waals surface area contributed by atoms with Gasteiger partial charge in [-0.25, -0.2) is 0 Å². The molecule has 0 bridgehead atoms. The number of aryl methyl sites for hydroxylation is 1. The van der Waals surface area contributed by atoms with Crippen LogP contribution in [0.4, 0.5) is 5.69 Å². The van der Waals surface area contributed by atoms with Crippen molar-refractivity contribution >= 4 is 11.6 Å². The summed E-state index contributed by atoms with van der Waals surface area (Å²) < 4.78 is 2.21. The molecule has 4 nitrogen and oxygen atoms in total. The Morgan fingerprint density at radius 3 is 2.48 bits per heavy atom. The second-order valence-electron chi connectivity index (χ2n) is 7.52. The average molecular weight is 357 g/mol. The maximum Gasteiger partial charge on any atom is 0.241 e. The molecule has 4 heteroatoms. The summed E-state index contributed by atoms with van der Waals surface area (Å²) >= 11 is 0. The molecule has 27 heavy (non-hydrogen) atoms. The topological polar surface area (TPSA) is 37.3 Å².